The van der Waals surface area contributed by atoms with E-state index >= 15 is 0 Å². The highest BCUT2D eigenvalue weighted by Gasteiger charge is 2.37. The second kappa shape index (κ2) is 8.42. The van der Waals surface area contributed by atoms with Gasteiger partial charge in [0, 0.05) is 11.6 Å². The number of fused-ring (bicyclic) bond motifs is 3. The molecule has 152 valence electrons. The molecule has 2 aromatic rings. The molecule has 2 aromatic carbocycles. The van der Waals surface area contributed by atoms with Gasteiger partial charge in [-0.15, -0.1) is 0 Å². The number of carbonyl (C=O) groups excluding carboxylic acids is 1. The minimum Gasteiger partial charge on any atom is -0.497 e. The average Bonchev–Trinajstić information content (AvgIpc) is 3.27. The number of methoxy groups -OCH3 is 1. The number of anilines is 1. The number of nitrogens with zero attached hydrogens (tertiary/aromatic N) is 2. The monoisotopic (exact) mass is 400 g/mol. The first-order valence-corrected chi connectivity index (χ1v) is 10.0. The predicted molar refractivity (Wildman–Crippen MR) is 116 cm³/mol. The van der Waals surface area contributed by atoms with E-state index in [1.54, 1.807) is 7.11 Å². The van der Waals surface area contributed by atoms with E-state index in [9.17, 15) is 4.79 Å². The zero-order valence-electron chi connectivity index (χ0n) is 17.1. The van der Waals surface area contributed by atoms with Gasteiger partial charge in [0.2, 0.25) is 0 Å². The third-order valence-corrected chi connectivity index (χ3v) is 5.84. The molecule has 1 heterocycles. The van der Waals surface area contributed by atoms with E-state index in [1.807, 2.05) is 31.2 Å². The first-order chi connectivity index (χ1) is 14.6. The van der Waals surface area contributed by atoms with Crippen molar-refractivity contribution in [2.45, 2.75) is 31.7 Å². The summed E-state index contributed by atoms with van der Waals surface area (Å²) in [6.45, 7) is 1.85. The zero-order valence-corrected chi connectivity index (χ0v) is 17.1. The minimum atomic E-state index is -0.405. The second-order valence-electron chi connectivity index (χ2n) is 7.62. The van der Waals surface area contributed by atoms with Crippen LogP contribution in [0.3, 0.4) is 0 Å². The maximum Gasteiger partial charge on any atom is 0.254 e. The normalized spacial score (nSPS) is 21.8. The van der Waals surface area contributed by atoms with Crippen LogP contribution < -0.4 is 15.5 Å². The lowest BCUT2D eigenvalue weighted by Gasteiger charge is -2.37. The van der Waals surface area contributed by atoms with Crippen molar-refractivity contribution in [3.05, 3.63) is 71.3 Å². The van der Waals surface area contributed by atoms with E-state index < -0.39 is 5.91 Å². The molecule has 4 rings (SSSR count). The van der Waals surface area contributed by atoms with Gasteiger partial charge >= 0.3 is 0 Å². The number of benzene rings is 2. The van der Waals surface area contributed by atoms with E-state index in [4.69, 9.17) is 10.00 Å². The molecule has 0 radical (unpaired) electrons. The molecule has 0 aromatic heterocycles. The van der Waals surface area contributed by atoms with Crippen LogP contribution in [0.25, 0.3) is 0 Å². The Morgan fingerprint density at radius 2 is 2.10 bits per heavy atom. The Kier molecular flexibility index (Phi) is 5.53. The van der Waals surface area contributed by atoms with Gasteiger partial charge in [-0.3, -0.25) is 4.79 Å². The third-order valence-electron chi connectivity index (χ3n) is 5.84. The van der Waals surface area contributed by atoms with Crippen LogP contribution in [0.1, 0.15) is 48.4 Å². The summed E-state index contributed by atoms with van der Waals surface area (Å²) in [6.07, 6.45) is 5.38. The molecule has 0 saturated heterocycles. The van der Waals surface area contributed by atoms with E-state index in [1.165, 1.54) is 11.1 Å². The number of nitrogens with one attached hydrogen (secondary N) is 2. The van der Waals surface area contributed by atoms with E-state index in [0.717, 1.165) is 23.4 Å². The van der Waals surface area contributed by atoms with Crippen LogP contribution in [0, 0.1) is 17.2 Å². The van der Waals surface area contributed by atoms with Crippen LogP contribution >= 0.6 is 0 Å². The van der Waals surface area contributed by atoms with Crippen molar-refractivity contribution >= 4 is 17.3 Å². The number of rotatable bonds is 5. The molecule has 0 fully saturated rings. The molecule has 2 aliphatic rings. The van der Waals surface area contributed by atoms with Gasteiger partial charge in [0.15, 0.2) is 0 Å². The average molecular weight is 400 g/mol. The van der Waals surface area contributed by atoms with Gasteiger partial charge in [0.05, 0.1) is 24.9 Å². The fourth-order valence-electron chi connectivity index (χ4n) is 4.28. The number of amides is 1. The van der Waals surface area contributed by atoms with Gasteiger partial charge < -0.3 is 10.1 Å². The summed E-state index contributed by atoms with van der Waals surface area (Å²) in [6, 6.07) is 16.6. The van der Waals surface area contributed by atoms with Crippen molar-refractivity contribution in [1.82, 2.24) is 5.43 Å². The molecule has 0 spiro atoms. The predicted octanol–water partition coefficient (Wildman–Crippen LogP) is 4.28. The summed E-state index contributed by atoms with van der Waals surface area (Å²) in [5, 5.41) is 16.5. The first-order valence-electron chi connectivity index (χ1n) is 10.0. The molecule has 0 bridgehead atoms. The lowest BCUT2D eigenvalue weighted by atomic mass is 9.76. The molecule has 6 nitrogen and oxygen atoms in total. The molecule has 1 amide bonds. The van der Waals surface area contributed by atoms with Gasteiger partial charge in [-0.25, -0.2) is 5.43 Å². The number of allylic oxidation sites excluding steroid dienone is 2. The van der Waals surface area contributed by atoms with E-state index in [0.29, 0.717) is 17.5 Å². The number of ether oxygens (including phenoxy) is 1. The fraction of sp³-hybridized carbons (Fsp3) is 0.292. The Labute approximate surface area is 176 Å². The largest absolute Gasteiger partial charge is 0.497 e. The van der Waals surface area contributed by atoms with Crippen molar-refractivity contribution in [1.29, 1.82) is 5.26 Å². The van der Waals surface area contributed by atoms with Crippen LogP contribution in [0.2, 0.25) is 0 Å². The Morgan fingerprint density at radius 1 is 1.30 bits per heavy atom. The van der Waals surface area contributed by atoms with Gasteiger partial charge in [0.1, 0.15) is 12.2 Å². The summed E-state index contributed by atoms with van der Waals surface area (Å²) < 4.78 is 5.30. The van der Waals surface area contributed by atoms with Crippen LogP contribution in [0.4, 0.5) is 5.69 Å². The lowest BCUT2D eigenvalue weighted by Crippen LogP contribution is -2.29. The van der Waals surface area contributed by atoms with Gasteiger partial charge in [-0.1, -0.05) is 30.4 Å². The van der Waals surface area contributed by atoms with Crippen molar-refractivity contribution in [3.8, 4) is 11.8 Å². The number of carbonyl (C=O) groups is 1. The minimum absolute atomic E-state index is 0.202. The molecule has 1 aliphatic heterocycles. The molecular weight excluding hydrogens is 376 g/mol. The fourth-order valence-corrected chi connectivity index (χ4v) is 4.28. The Hall–Kier alpha value is -3.59. The summed E-state index contributed by atoms with van der Waals surface area (Å²) in [4.78, 5) is 11.5. The number of hydrogen-bond donors (Lipinski definition) is 2. The number of hydrogen-bond acceptors (Lipinski definition) is 5. The van der Waals surface area contributed by atoms with Gasteiger partial charge in [0.25, 0.3) is 5.91 Å². The maximum atomic E-state index is 11.5. The highest BCUT2D eigenvalue weighted by atomic mass is 16.5. The first kappa shape index (κ1) is 19.7. The third kappa shape index (κ3) is 3.79. The molecule has 0 unspecified atom stereocenters. The van der Waals surface area contributed by atoms with Gasteiger partial charge in [-0.2, -0.15) is 10.4 Å². The Balaban J connectivity index is 1.61. The molecule has 0 saturated carbocycles. The van der Waals surface area contributed by atoms with Crippen molar-refractivity contribution < 1.29 is 9.53 Å². The molecule has 6 heteroatoms. The van der Waals surface area contributed by atoms with Gasteiger partial charge in [-0.05, 0) is 60.2 Å². The highest BCUT2D eigenvalue weighted by Crippen LogP contribution is 2.50. The lowest BCUT2D eigenvalue weighted by molar-refractivity contribution is -0.120. The molecule has 3 atom stereocenters. The highest BCUT2D eigenvalue weighted by molar-refractivity contribution is 6.00. The molecule has 30 heavy (non-hydrogen) atoms. The Morgan fingerprint density at radius 3 is 2.83 bits per heavy atom. The Bertz CT molecular complexity index is 1050. The summed E-state index contributed by atoms with van der Waals surface area (Å²) >= 11 is 0. The van der Waals surface area contributed by atoms with E-state index in [-0.39, 0.29) is 12.5 Å². The molecule has 2 N–H and O–H groups in total. The summed E-state index contributed by atoms with van der Waals surface area (Å²) in [5.74, 6) is 1.22. The van der Waals surface area contributed by atoms with Crippen LogP contribution in [-0.2, 0) is 4.79 Å². The van der Waals surface area contributed by atoms with Crippen LogP contribution in [0.15, 0.2) is 59.7 Å². The smallest absolute Gasteiger partial charge is 0.254 e. The van der Waals surface area contributed by atoms with E-state index in [2.05, 4.69) is 52.3 Å². The maximum absolute atomic E-state index is 11.5. The van der Waals surface area contributed by atoms with Crippen molar-refractivity contribution in [2.75, 3.05) is 12.4 Å². The SMILES string of the molecule is COc1ccc([C@@H]2Nc3ccc(/C(C)=N\NC(=O)CC#N)cc3[C@@H]3C=CC[C@@H]32)cc1. The standard InChI is InChI=1S/C24H24N4O2/c1-15(27-28-23(29)12-13-25)17-8-11-22-21(14-17)19-4-3-5-20(19)24(26-22)16-6-9-18(30-2)10-7-16/h3-4,6-11,14,19-20,24,26H,5,12H2,1-2H3,(H,28,29)/b27-15-/t19-,20+,24+/m1/s1. The summed E-state index contributed by atoms with van der Waals surface area (Å²) in [5.41, 5.74) is 7.71. The number of hydrazone groups is 1. The number of nitriles is 1. The zero-order chi connectivity index (χ0) is 21.1. The summed E-state index contributed by atoms with van der Waals surface area (Å²) in [7, 11) is 1.68. The van der Waals surface area contributed by atoms with Crippen molar-refractivity contribution in [3.63, 3.8) is 0 Å². The van der Waals surface area contributed by atoms with Crippen molar-refractivity contribution in [2.24, 2.45) is 11.0 Å². The second-order valence-corrected chi connectivity index (χ2v) is 7.62. The topological polar surface area (TPSA) is 86.5 Å². The molecule has 1 aliphatic carbocycles. The quantitative estimate of drug-likeness (QED) is 0.446. The van der Waals surface area contributed by atoms with Crippen LogP contribution in [0.5, 0.6) is 5.75 Å². The molecular formula is C24H24N4O2. The van der Waals surface area contributed by atoms with Crippen LogP contribution in [-0.4, -0.2) is 18.7 Å².